The number of benzene rings is 2. The fraction of sp³-hybridized carbons (Fsp3) is 0.417. The smallest absolute Gasteiger partial charge is 0.221 e. The predicted octanol–water partition coefficient (Wildman–Crippen LogP) is 5.52. The van der Waals surface area contributed by atoms with Crippen LogP contribution >= 0.6 is 0 Å². The molecule has 1 aliphatic rings. The molecule has 1 aliphatic heterocycles. The quantitative estimate of drug-likeness (QED) is 0.681. The Labute approximate surface area is 173 Å². The number of carbonyl (C=O) groups is 1. The lowest BCUT2D eigenvalue weighted by Gasteiger charge is -2.47. The van der Waals surface area contributed by atoms with Crippen molar-refractivity contribution >= 4 is 29.2 Å². The van der Waals surface area contributed by atoms with E-state index < -0.39 is 0 Å². The SMILES string of the molecule is CCN1c2cc(OC)c(C=Nc3ccc(NC(C)=O)cc3)cc2C(C)CC1(C)C. The maximum absolute atomic E-state index is 11.2. The molecule has 1 heterocycles. The van der Waals surface area contributed by atoms with Gasteiger partial charge < -0.3 is 15.0 Å². The van der Waals surface area contributed by atoms with E-state index in [1.54, 1.807) is 7.11 Å². The first-order valence-electron chi connectivity index (χ1n) is 10.2. The first kappa shape index (κ1) is 20.9. The Morgan fingerprint density at radius 3 is 2.59 bits per heavy atom. The van der Waals surface area contributed by atoms with Crippen molar-refractivity contribution in [2.45, 2.75) is 52.5 Å². The van der Waals surface area contributed by atoms with E-state index >= 15 is 0 Å². The highest BCUT2D eigenvalue weighted by Gasteiger charge is 2.36. The number of aliphatic imine (C=N–C) groups is 1. The van der Waals surface area contributed by atoms with Crippen molar-refractivity contribution in [2.75, 3.05) is 23.9 Å². The minimum Gasteiger partial charge on any atom is -0.496 e. The van der Waals surface area contributed by atoms with Crippen LogP contribution < -0.4 is 15.0 Å². The molecule has 0 fully saturated rings. The van der Waals surface area contributed by atoms with Crippen molar-refractivity contribution in [3.05, 3.63) is 47.5 Å². The second-order valence-corrected chi connectivity index (χ2v) is 8.30. The molecule has 5 heteroatoms. The zero-order valence-electron chi connectivity index (χ0n) is 18.2. The number of nitrogens with one attached hydrogen (secondary N) is 1. The molecular formula is C24H31N3O2. The van der Waals surface area contributed by atoms with E-state index in [1.807, 2.05) is 30.5 Å². The zero-order valence-corrected chi connectivity index (χ0v) is 18.2. The summed E-state index contributed by atoms with van der Waals surface area (Å²) < 4.78 is 5.69. The molecule has 3 rings (SSSR count). The topological polar surface area (TPSA) is 53.9 Å². The van der Waals surface area contributed by atoms with Gasteiger partial charge in [0.05, 0.1) is 12.8 Å². The second-order valence-electron chi connectivity index (χ2n) is 8.30. The van der Waals surface area contributed by atoms with Gasteiger partial charge in [0, 0.05) is 48.2 Å². The van der Waals surface area contributed by atoms with Gasteiger partial charge in [0.2, 0.25) is 5.91 Å². The Kier molecular flexibility index (Phi) is 5.96. The summed E-state index contributed by atoms with van der Waals surface area (Å²) in [5, 5.41) is 2.76. The van der Waals surface area contributed by atoms with E-state index in [-0.39, 0.29) is 11.4 Å². The molecule has 1 atom stereocenters. The minimum atomic E-state index is -0.0848. The molecule has 1 unspecified atom stereocenters. The number of rotatable bonds is 5. The maximum Gasteiger partial charge on any atom is 0.221 e. The normalized spacial score (nSPS) is 17.9. The average molecular weight is 394 g/mol. The van der Waals surface area contributed by atoms with Gasteiger partial charge in [-0.3, -0.25) is 9.79 Å². The summed E-state index contributed by atoms with van der Waals surface area (Å²) in [6.07, 6.45) is 2.97. The Balaban J connectivity index is 1.93. The van der Waals surface area contributed by atoms with Crippen molar-refractivity contribution in [3.8, 4) is 5.75 Å². The van der Waals surface area contributed by atoms with Gasteiger partial charge in [-0.05, 0) is 69.0 Å². The van der Waals surface area contributed by atoms with Crippen LogP contribution in [0.1, 0.15) is 58.1 Å². The van der Waals surface area contributed by atoms with Gasteiger partial charge in [-0.2, -0.15) is 0 Å². The van der Waals surface area contributed by atoms with Crippen LogP contribution in [0.4, 0.5) is 17.1 Å². The Bertz CT molecular complexity index is 916. The van der Waals surface area contributed by atoms with Crippen LogP contribution in [-0.2, 0) is 4.79 Å². The van der Waals surface area contributed by atoms with Gasteiger partial charge in [0.1, 0.15) is 5.75 Å². The van der Waals surface area contributed by atoms with Crippen LogP contribution in [0, 0.1) is 0 Å². The van der Waals surface area contributed by atoms with Crippen molar-refractivity contribution in [1.29, 1.82) is 0 Å². The lowest BCUT2D eigenvalue weighted by atomic mass is 9.79. The molecule has 1 amide bonds. The molecule has 5 nitrogen and oxygen atoms in total. The monoisotopic (exact) mass is 393 g/mol. The first-order chi connectivity index (χ1) is 13.7. The number of carbonyl (C=O) groups excluding carboxylic acids is 1. The molecule has 0 spiro atoms. The summed E-state index contributed by atoms with van der Waals surface area (Å²) in [4.78, 5) is 18.2. The third kappa shape index (κ3) is 4.44. The Morgan fingerprint density at radius 1 is 1.31 bits per heavy atom. The van der Waals surface area contributed by atoms with Gasteiger partial charge in [-0.25, -0.2) is 0 Å². The number of amides is 1. The van der Waals surface area contributed by atoms with E-state index in [0.29, 0.717) is 5.92 Å². The van der Waals surface area contributed by atoms with E-state index in [0.717, 1.165) is 35.7 Å². The van der Waals surface area contributed by atoms with Crippen LogP contribution in [-0.4, -0.2) is 31.3 Å². The van der Waals surface area contributed by atoms with Crippen molar-refractivity contribution in [3.63, 3.8) is 0 Å². The van der Waals surface area contributed by atoms with Gasteiger partial charge in [0.15, 0.2) is 0 Å². The second kappa shape index (κ2) is 8.27. The van der Waals surface area contributed by atoms with Crippen molar-refractivity contribution < 1.29 is 9.53 Å². The van der Waals surface area contributed by atoms with Crippen LogP contribution in [0.15, 0.2) is 41.4 Å². The van der Waals surface area contributed by atoms with Gasteiger partial charge in [-0.1, -0.05) is 6.92 Å². The van der Waals surface area contributed by atoms with Crippen LogP contribution in [0.3, 0.4) is 0 Å². The first-order valence-corrected chi connectivity index (χ1v) is 10.2. The highest BCUT2D eigenvalue weighted by Crippen LogP contribution is 2.45. The summed E-state index contributed by atoms with van der Waals surface area (Å²) in [6, 6.07) is 11.8. The van der Waals surface area contributed by atoms with Crippen molar-refractivity contribution in [1.82, 2.24) is 0 Å². The lowest BCUT2D eigenvalue weighted by Crippen LogP contribution is -2.48. The minimum absolute atomic E-state index is 0.0848. The number of methoxy groups -OCH3 is 1. The molecule has 1 N–H and O–H groups in total. The summed E-state index contributed by atoms with van der Waals surface area (Å²) >= 11 is 0. The van der Waals surface area contributed by atoms with Crippen LogP contribution in [0.25, 0.3) is 0 Å². The summed E-state index contributed by atoms with van der Waals surface area (Å²) in [7, 11) is 1.70. The average Bonchev–Trinajstić information content (AvgIpc) is 2.66. The molecule has 0 radical (unpaired) electrons. The van der Waals surface area contributed by atoms with E-state index in [4.69, 9.17) is 4.74 Å². The molecule has 2 aromatic carbocycles. The number of hydrogen-bond donors (Lipinski definition) is 1. The molecule has 0 aromatic heterocycles. The lowest BCUT2D eigenvalue weighted by molar-refractivity contribution is -0.114. The maximum atomic E-state index is 11.2. The molecule has 0 saturated carbocycles. The summed E-state index contributed by atoms with van der Waals surface area (Å²) in [5.41, 5.74) is 5.28. The Hall–Kier alpha value is -2.82. The van der Waals surface area contributed by atoms with Crippen LogP contribution in [0.5, 0.6) is 5.75 Å². The zero-order chi connectivity index (χ0) is 21.2. The standard InChI is InChI=1S/C24H31N3O2/c1-7-27-22-13-23(29-6)18(12-21(22)16(2)14-24(27,4)5)15-25-19-8-10-20(11-9-19)26-17(3)28/h8-13,15-16H,7,14H2,1-6H3,(H,26,28). The molecule has 154 valence electrons. The molecule has 0 saturated heterocycles. The predicted molar refractivity (Wildman–Crippen MR) is 121 cm³/mol. The Morgan fingerprint density at radius 2 is 2.00 bits per heavy atom. The van der Waals surface area contributed by atoms with Gasteiger partial charge in [-0.15, -0.1) is 0 Å². The summed E-state index contributed by atoms with van der Waals surface area (Å²) in [6.45, 7) is 11.6. The molecule has 29 heavy (non-hydrogen) atoms. The number of anilines is 2. The number of nitrogens with zero attached hydrogens (tertiary/aromatic N) is 2. The number of hydrogen-bond acceptors (Lipinski definition) is 4. The highest BCUT2D eigenvalue weighted by atomic mass is 16.5. The third-order valence-electron chi connectivity index (χ3n) is 5.59. The summed E-state index contributed by atoms with van der Waals surface area (Å²) in [5.74, 6) is 1.21. The molecule has 2 aromatic rings. The number of fused-ring (bicyclic) bond motifs is 1. The molecular weight excluding hydrogens is 362 g/mol. The fourth-order valence-electron chi connectivity index (χ4n) is 4.38. The van der Waals surface area contributed by atoms with Crippen molar-refractivity contribution in [2.24, 2.45) is 4.99 Å². The fourth-order valence-corrected chi connectivity index (χ4v) is 4.38. The van der Waals surface area contributed by atoms with Gasteiger partial charge in [0.25, 0.3) is 0 Å². The largest absolute Gasteiger partial charge is 0.496 e. The highest BCUT2D eigenvalue weighted by molar-refractivity contribution is 5.89. The van der Waals surface area contributed by atoms with E-state index in [1.165, 1.54) is 18.2 Å². The van der Waals surface area contributed by atoms with Crippen LogP contribution in [0.2, 0.25) is 0 Å². The van der Waals surface area contributed by atoms with Gasteiger partial charge >= 0.3 is 0 Å². The van der Waals surface area contributed by atoms with E-state index in [9.17, 15) is 4.79 Å². The number of ether oxygens (including phenoxy) is 1. The van der Waals surface area contributed by atoms with E-state index in [2.05, 4.69) is 55.0 Å². The third-order valence-corrected chi connectivity index (χ3v) is 5.59. The molecule has 0 bridgehead atoms. The molecule has 0 aliphatic carbocycles.